The van der Waals surface area contributed by atoms with Crippen LogP contribution in [0.4, 0.5) is 5.82 Å². The third-order valence-electron chi connectivity index (χ3n) is 3.98. The lowest BCUT2D eigenvalue weighted by Crippen LogP contribution is -2.43. The van der Waals surface area contributed by atoms with Gasteiger partial charge in [-0.25, -0.2) is 4.98 Å². The van der Waals surface area contributed by atoms with Crippen LogP contribution in [0.25, 0.3) is 0 Å². The van der Waals surface area contributed by atoms with Crippen molar-refractivity contribution >= 4 is 5.82 Å². The van der Waals surface area contributed by atoms with Crippen LogP contribution < -0.4 is 11.5 Å². The molecular weight excluding hydrogens is 270 g/mol. The first kappa shape index (κ1) is 17.6. The van der Waals surface area contributed by atoms with E-state index in [4.69, 9.17) is 11.5 Å². The Morgan fingerprint density at radius 3 is 2.52 bits per heavy atom. The van der Waals surface area contributed by atoms with Crippen LogP contribution in [0.3, 0.4) is 0 Å². The summed E-state index contributed by atoms with van der Waals surface area (Å²) < 4.78 is 1.58. The number of rotatable bonds is 10. The van der Waals surface area contributed by atoms with Gasteiger partial charge in [0.05, 0.1) is 0 Å². The minimum Gasteiger partial charge on any atom is -0.358 e. The van der Waals surface area contributed by atoms with Crippen molar-refractivity contribution < 1.29 is 4.92 Å². The first-order valence-corrected chi connectivity index (χ1v) is 7.64. The molecule has 7 nitrogen and oxygen atoms in total. The van der Waals surface area contributed by atoms with Crippen molar-refractivity contribution in [2.45, 2.75) is 64.5 Å². The van der Waals surface area contributed by atoms with Gasteiger partial charge in [-0.3, -0.25) is 5.73 Å². The number of hydrogen-bond donors (Lipinski definition) is 2. The standard InChI is InChI=1S/C14H27N5O2/c1-3-14(16,9-7-5-4-6-8-10-15)18-12(2)17-11-13(18)19(20)21/h11H,3-10,15-16H2,1-2H3. The van der Waals surface area contributed by atoms with Gasteiger partial charge >= 0.3 is 5.82 Å². The van der Waals surface area contributed by atoms with Crippen LogP contribution in [-0.4, -0.2) is 21.0 Å². The Morgan fingerprint density at radius 2 is 1.95 bits per heavy atom. The number of aryl methyl sites for hydroxylation is 1. The van der Waals surface area contributed by atoms with E-state index in [0.717, 1.165) is 38.6 Å². The van der Waals surface area contributed by atoms with E-state index >= 15 is 0 Å². The van der Waals surface area contributed by atoms with Gasteiger partial charge in [0.2, 0.25) is 0 Å². The number of unbranched alkanes of at least 4 members (excludes halogenated alkanes) is 4. The maximum Gasteiger partial charge on any atom is 0.344 e. The second-order valence-corrected chi connectivity index (χ2v) is 5.52. The molecule has 1 aromatic rings. The SMILES string of the molecule is CCC(N)(CCCCCCCN)n1c([N+](=O)[O-])cnc1C. The molecule has 0 amide bonds. The van der Waals surface area contributed by atoms with E-state index in [1.807, 2.05) is 6.92 Å². The zero-order valence-corrected chi connectivity index (χ0v) is 13.0. The number of nitrogens with zero attached hydrogens (tertiary/aromatic N) is 3. The summed E-state index contributed by atoms with van der Waals surface area (Å²) in [7, 11) is 0. The molecule has 7 heteroatoms. The van der Waals surface area contributed by atoms with Crippen molar-refractivity contribution in [3.8, 4) is 0 Å². The van der Waals surface area contributed by atoms with Crippen LogP contribution in [-0.2, 0) is 5.66 Å². The van der Waals surface area contributed by atoms with Gasteiger partial charge in [-0.15, -0.1) is 0 Å². The highest BCUT2D eigenvalue weighted by Crippen LogP contribution is 2.29. The van der Waals surface area contributed by atoms with E-state index in [-0.39, 0.29) is 5.82 Å². The van der Waals surface area contributed by atoms with Gasteiger partial charge in [0.15, 0.2) is 11.5 Å². The molecule has 21 heavy (non-hydrogen) atoms. The van der Waals surface area contributed by atoms with Crippen LogP contribution >= 0.6 is 0 Å². The molecule has 1 unspecified atom stereocenters. The Hall–Kier alpha value is -1.47. The Kier molecular flexibility index (Phi) is 6.77. The lowest BCUT2D eigenvalue weighted by Gasteiger charge is -2.26. The van der Waals surface area contributed by atoms with Crippen molar-refractivity contribution in [2.75, 3.05) is 6.54 Å². The Morgan fingerprint density at radius 1 is 1.33 bits per heavy atom. The molecule has 0 aromatic carbocycles. The van der Waals surface area contributed by atoms with E-state index in [1.165, 1.54) is 6.20 Å². The lowest BCUT2D eigenvalue weighted by molar-refractivity contribution is -0.393. The highest BCUT2D eigenvalue weighted by Gasteiger charge is 2.35. The molecule has 0 aliphatic heterocycles. The Balaban J connectivity index is 2.71. The molecule has 0 radical (unpaired) electrons. The van der Waals surface area contributed by atoms with Gasteiger partial charge in [-0.05, 0) is 24.3 Å². The summed E-state index contributed by atoms with van der Waals surface area (Å²) in [6.07, 6.45) is 7.95. The predicted octanol–water partition coefficient (Wildman–Crippen LogP) is 2.42. The summed E-state index contributed by atoms with van der Waals surface area (Å²) >= 11 is 0. The summed E-state index contributed by atoms with van der Waals surface area (Å²) in [5.74, 6) is 0.564. The molecule has 1 aromatic heterocycles. The highest BCUT2D eigenvalue weighted by molar-refractivity contribution is 5.21. The van der Waals surface area contributed by atoms with Crippen LogP contribution in [0.5, 0.6) is 0 Å². The van der Waals surface area contributed by atoms with Crippen LogP contribution in [0.15, 0.2) is 6.20 Å². The normalized spacial score (nSPS) is 14.1. The molecule has 1 rings (SSSR count). The van der Waals surface area contributed by atoms with Gasteiger partial charge < -0.3 is 15.8 Å². The van der Waals surface area contributed by atoms with Crippen molar-refractivity contribution in [3.05, 3.63) is 22.1 Å². The molecule has 0 bridgehead atoms. The Labute approximate surface area is 125 Å². The fraction of sp³-hybridized carbons (Fsp3) is 0.786. The molecular formula is C14H27N5O2. The number of imidazole rings is 1. The average Bonchev–Trinajstić information content (AvgIpc) is 2.85. The minimum atomic E-state index is -0.739. The van der Waals surface area contributed by atoms with Gasteiger partial charge in [0, 0.05) is 19.8 Å². The van der Waals surface area contributed by atoms with E-state index in [1.54, 1.807) is 11.5 Å². The summed E-state index contributed by atoms with van der Waals surface area (Å²) in [5.41, 5.74) is 11.2. The summed E-state index contributed by atoms with van der Waals surface area (Å²) in [5, 5.41) is 11.1. The summed E-state index contributed by atoms with van der Waals surface area (Å²) in [6, 6.07) is 0. The van der Waals surface area contributed by atoms with E-state index in [0.29, 0.717) is 18.7 Å². The number of nitro groups is 1. The summed E-state index contributed by atoms with van der Waals surface area (Å²) in [4.78, 5) is 14.8. The molecule has 0 spiro atoms. The molecule has 0 aliphatic carbocycles. The molecule has 0 fully saturated rings. The summed E-state index contributed by atoms with van der Waals surface area (Å²) in [6.45, 7) is 4.44. The quantitative estimate of drug-likeness (QED) is 0.391. The lowest BCUT2D eigenvalue weighted by atomic mass is 9.98. The van der Waals surface area contributed by atoms with Crippen LogP contribution in [0, 0.1) is 17.0 Å². The van der Waals surface area contributed by atoms with Crippen molar-refractivity contribution in [1.29, 1.82) is 0 Å². The smallest absolute Gasteiger partial charge is 0.344 e. The minimum absolute atomic E-state index is 0.0278. The average molecular weight is 297 g/mol. The monoisotopic (exact) mass is 297 g/mol. The van der Waals surface area contributed by atoms with Crippen LogP contribution in [0.1, 0.15) is 57.7 Å². The topological polar surface area (TPSA) is 113 Å². The van der Waals surface area contributed by atoms with Gasteiger partial charge in [-0.1, -0.05) is 26.2 Å². The third-order valence-corrected chi connectivity index (χ3v) is 3.98. The third kappa shape index (κ3) is 4.50. The fourth-order valence-corrected chi connectivity index (χ4v) is 2.66. The zero-order valence-electron chi connectivity index (χ0n) is 13.0. The highest BCUT2D eigenvalue weighted by atomic mass is 16.6. The predicted molar refractivity (Wildman–Crippen MR) is 82.8 cm³/mol. The molecule has 0 saturated carbocycles. The van der Waals surface area contributed by atoms with Crippen molar-refractivity contribution in [1.82, 2.24) is 9.55 Å². The number of hydrogen-bond acceptors (Lipinski definition) is 5. The second kappa shape index (κ2) is 8.09. The first-order valence-electron chi connectivity index (χ1n) is 7.64. The maximum absolute atomic E-state index is 11.1. The Bertz CT molecular complexity index is 460. The largest absolute Gasteiger partial charge is 0.358 e. The molecule has 1 heterocycles. The van der Waals surface area contributed by atoms with E-state index in [2.05, 4.69) is 4.98 Å². The molecule has 0 aliphatic rings. The van der Waals surface area contributed by atoms with Gasteiger partial charge in [0.1, 0.15) is 6.20 Å². The fourth-order valence-electron chi connectivity index (χ4n) is 2.66. The van der Waals surface area contributed by atoms with Gasteiger partial charge in [-0.2, -0.15) is 4.57 Å². The van der Waals surface area contributed by atoms with E-state index < -0.39 is 10.6 Å². The maximum atomic E-state index is 11.1. The molecule has 120 valence electrons. The van der Waals surface area contributed by atoms with Crippen molar-refractivity contribution in [2.24, 2.45) is 11.5 Å². The molecule has 4 N–H and O–H groups in total. The van der Waals surface area contributed by atoms with Crippen LogP contribution in [0.2, 0.25) is 0 Å². The van der Waals surface area contributed by atoms with E-state index in [9.17, 15) is 10.1 Å². The molecule has 0 saturated heterocycles. The zero-order chi connectivity index (χ0) is 15.9. The molecule has 1 atom stereocenters. The van der Waals surface area contributed by atoms with Gasteiger partial charge in [0.25, 0.3) is 0 Å². The second-order valence-electron chi connectivity index (χ2n) is 5.52. The number of nitrogens with two attached hydrogens (primary N) is 2. The number of aromatic nitrogens is 2. The first-order chi connectivity index (χ1) is 9.96. The van der Waals surface area contributed by atoms with Crippen molar-refractivity contribution in [3.63, 3.8) is 0 Å².